The average Bonchev–Trinajstić information content (AvgIpc) is 2.89. The first-order valence-electron chi connectivity index (χ1n) is 7.20. The maximum Gasteiger partial charge on any atom is 0.128 e. The molecule has 0 amide bonds. The Kier molecular flexibility index (Phi) is 5.90. The zero-order valence-corrected chi connectivity index (χ0v) is 12.2. The Morgan fingerprint density at radius 1 is 1.38 bits per heavy atom. The molecule has 0 saturated heterocycles. The van der Waals surface area contributed by atoms with Gasteiger partial charge in [-0.2, -0.15) is 0 Å². The molecule has 1 aromatic carbocycles. The molecule has 0 bridgehead atoms. The van der Waals surface area contributed by atoms with Gasteiger partial charge in [-0.25, -0.2) is 9.37 Å². The molecule has 0 aliphatic carbocycles. The van der Waals surface area contributed by atoms with Crippen molar-refractivity contribution in [1.82, 2.24) is 9.55 Å². The highest BCUT2D eigenvalue weighted by molar-refractivity contribution is 5.16. The minimum Gasteiger partial charge on any atom is -0.389 e. The van der Waals surface area contributed by atoms with Crippen molar-refractivity contribution in [3.05, 3.63) is 53.9 Å². The quantitative estimate of drug-likeness (QED) is 0.813. The number of hydrogen-bond donors (Lipinski definition) is 1. The van der Waals surface area contributed by atoms with E-state index in [2.05, 4.69) is 11.9 Å². The number of benzene rings is 1. The van der Waals surface area contributed by atoms with Crippen molar-refractivity contribution in [2.24, 2.45) is 0 Å². The van der Waals surface area contributed by atoms with Crippen LogP contribution in [0.25, 0.3) is 0 Å². The number of imidazole rings is 1. The second-order valence-corrected chi connectivity index (χ2v) is 5.01. The molecule has 0 aliphatic heterocycles. The number of halogens is 1. The highest BCUT2D eigenvalue weighted by Gasteiger charge is 2.09. The average molecular weight is 292 g/mol. The van der Waals surface area contributed by atoms with E-state index in [4.69, 9.17) is 4.74 Å². The van der Waals surface area contributed by atoms with Gasteiger partial charge in [0.2, 0.25) is 0 Å². The SMILES string of the molecule is CCCc1nccn1CC(O)COCc1ccccc1F. The van der Waals surface area contributed by atoms with Crippen LogP contribution in [0, 0.1) is 5.82 Å². The van der Waals surface area contributed by atoms with Crippen LogP contribution in [0.15, 0.2) is 36.7 Å². The number of hydrogen-bond acceptors (Lipinski definition) is 3. The maximum absolute atomic E-state index is 13.4. The monoisotopic (exact) mass is 292 g/mol. The lowest BCUT2D eigenvalue weighted by Gasteiger charge is -2.14. The number of aliphatic hydroxyl groups excluding tert-OH is 1. The lowest BCUT2D eigenvalue weighted by Crippen LogP contribution is -2.22. The first kappa shape index (κ1) is 15.7. The van der Waals surface area contributed by atoms with E-state index in [9.17, 15) is 9.50 Å². The van der Waals surface area contributed by atoms with Gasteiger partial charge in [-0.3, -0.25) is 0 Å². The lowest BCUT2D eigenvalue weighted by molar-refractivity contribution is 0.0191. The Morgan fingerprint density at radius 3 is 2.95 bits per heavy atom. The Balaban J connectivity index is 1.78. The molecule has 0 saturated carbocycles. The van der Waals surface area contributed by atoms with E-state index >= 15 is 0 Å². The van der Waals surface area contributed by atoms with Gasteiger partial charge in [-0.05, 0) is 12.5 Å². The molecular formula is C16H21FN2O2. The Hall–Kier alpha value is -1.72. The van der Waals surface area contributed by atoms with E-state index in [0.29, 0.717) is 12.1 Å². The normalized spacial score (nSPS) is 12.5. The van der Waals surface area contributed by atoms with E-state index in [1.807, 2.05) is 10.8 Å². The van der Waals surface area contributed by atoms with Crippen LogP contribution < -0.4 is 0 Å². The van der Waals surface area contributed by atoms with Gasteiger partial charge >= 0.3 is 0 Å². The predicted octanol–water partition coefficient (Wildman–Crippen LogP) is 2.55. The molecule has 5 heteroatoms. The summed E-state index contributed by atoms with van der Waals surface area (Å²) >= 11 is 0. The van der Waals surface area contributed by atoms with E-state index in [0.717, 1.165) is 18.7 Å². The van der Waals surface area contributed by atoms with Crippen molar-refractivity contribution in [2.75, 3.05) is 6.61 Å². The molecule has 114 valence electrons. The largest absolute Gasteiger partial charge is 0.389 e. The minimum absolute atomic E-state index is 0.162. The molecule has 1 unspecified atom stereocenters. The summed E-state index contributed by atoms with van der Waals surface area (Å²) < 4.78 is 20.7. The summed E-state index contributed by atoms with van der Waals surface area (Å²) in [5.41, 5.74) is 0.499. The van der Waals surface area contributed by atoms with Gasteiger partial charge in [0.25, 0.3) is 0 Å². The van der Waals surface area contributed by atoms with Gasteiger partial charge in [-0.1, -0.05) is 25.1 Å². The highest BCUT2D eigenvalue weighted by Crippen LogP contribution is 2.08. The van der Waals surface area contributed by atoms with Crippen molar-refractivity contribution in [1.29, 1.82) is 0 Å². The van der Waals surface area contributed by atoms with Crippen LogP contribution in [0.5, 0.6) is 0 Å². The van der Waals surface area contributed by atoms with Gasteiger partial charge in [0.1, 0.15) is 11.6 Å². The van der Waals surface area contributed by atoms with Crippen molar-refractivity contribution in [3.8, 4) is 0 Å². The van der Waals surface area contributed by atoms with Crippen LogP contribution in [0.4, 0.5) is 4.39 Å². The van der Waals surface area contributed by atoms with Gasteiger partial charge in [0.05, 0.1) is 25.9 Å². The molecule has 2 rings (SSSR count). The summed E-state index contributed by atoms with van der Waals surface area (Å²) in [6.45, 7) is 2.85. The Morgan fingerprint density at radius 2 is 2.19 bits per heavy atom. The smallest absolute Gasteiger partial charge is 0.128 e. The fourth-order valence-corrected chi connectivity index (χ4v) is 2.16. The Labute approximate surface area is 124 Å². The van der Waals surface area contributed by atoms with Crippen molar-refractivity contribution in [2.45, 2.75) is 39.0 Å². The number of aromatic nitrogens is 2. The van der Waals surface area contributed by atoms with Crippen LogP contribution >= 0.6 is 0 Å². The van der Waals surface area contributed by atoms with E-state index in [1.54, 1.807) is 24.4 Å². The Bertz CT molecular complexity index is 557. The van der Waals surface area contributed by atoms with Crippen LogP contribution in [0.3, 0.4) is 0 Å². The first-order valence-corrected chi connectivity index (χ1v) is 7.20. The van der Waals surface area contributed by atoms with Gasteiger partial charge in [0, 0.05) is 24.4 Å². The van der Waals surface area contributed by atoms with Crippen LogP contribution in [0.2, 0.25) is 0 Å². The summed E-state index contributed by atoms with van der Waals surface area (Å²) in [4.78, 5) is 4.26. The standard InChI is InChI=1S/C16H21FN2O2/c1-2-5-16-18-8-9-19(16)10-14(20)12-21-11-13-6-3-4-7-15(13)17/h3-4,6-9,14,20H,2,5,10-12H2,1H3. The molecule has 0 spiro atoms. The predicted molar refractivity (Wildman–Crippen MR) is 78.3 cm³/mol. The molecule has 0 fully saturated rings. The number of ether oxygens (including phenoxy) is 1. The molecule has 1 aromatic heterocycles. The molecule has 1 N–H and O–H groups in total. The molecule has 0 aliphatic rings. The van der Waals surface area contributed by atoms with Gasteiger partial charge < -0.3 is 14.4 Å². The third kappa shape index (κ3) is 4.65. The summed E-state index contributed by atoms with van der Waals surface area (Å²) in [5.74, 6) is 0.678. The van der Waals surface area contributed by atoms with Crippen molar-refractivity contribution >= 4 is 0 Å². The fraction of sp³-hybridized carbons (Fsp3) is 0.438. The lowest BCUT2D eigenvalue weighted by atomic mass is 10.2. The van der Waals surface area contributed by atoms with Crippen molar-refractivity contribution < 1.29 is 14.2 Å². The molecule has 21 heavy (non-hydrogen) atoms. The van der Waals surface area contributed by atoms with Gasteiger partial charge in [0.15, 0.2) is 0 Å². The summed E-state index contributed by atoms with van der Waals surface area (Å²) in [7, 11) is 0. The summed E-state index contributed by atoms with van der Waals surface area (Å²) in [5, 5.41) is 9.99. The number of aliphatic hydroxyl groups is 1. The van der Waals surface area contributed by atoms with Crippen molar-refractivity contribution in [3.63, 3.8) is 0 Å². The fourth-order valence-electron chi connectivity index (χ4n) is 2.16. The molecule has 1 atom stereocenters. The third-order valence-electron chi connectivity index (χ3n) is 3.21. The number of rotatable bonds is 8. The first-order chi connectivity index (χ1) is 10.2. The van der Waals surface area contributed by atoms with E-state index in [1.165, 1.54) is 6.07 Å². The van der Waals surface area contributed by atoms with E-state index < -0.39 is 6.10 Å². The van der Waals surface area contributed by atoms with Crippen LogP contribution in [-0.2, 0) is 24.3 Å². The second-order valence-electron chi connectivity index (χ2n) is 5.01. The molecule has 2 aromatic rings. The van der Waals surface area contributed by atoms with Gasteiger partial charge in [-0.15, -0.1) is 0 Å². The summed E-state index contributed by atoms with van der Waals surface area (Å²) in [6.07, 6.45) is 4.84. The van der Waals surface area contributed by atoms with E-state index in [-0.39, 0.29) is 19.0 Å². The maximum atomic E-state index is 13.4. The molecule has 0 radical (unpaired) electrons. The molecular weight excluding hydrogens is 271 g/mol. The van der Waals surface area contributed by atoms with Crippen LogP contribution in [0.1, 0.15) is 24.7 Å². The number of aryl methyl sites for hydroxylation is 1. The number of nitrogens with zero attached hydrogens (tertiary/aromatic N) is 2. The zero-order chi connectivity index (χ0) is 15.1. The zero-order valence-electron chi connectivity index (χ0n) is 12.2. The van der Waals surface area contributed by atoms with Crippen LogP contribution in [-0.4, -0.2) is 27.4 Å². The summed E-state index contributed by atoms with van der Waals surface area (Å²) in [6, 6.07) is 6.48. The molecule has 1 heterocycles. The topological polar surface area (TPSA) is 47.3 Å². The third-order valence-corrected chi connectivity index (χ3v) is 3.21. The minimum atomic E-state index is -0.637. The second kappa shape index (κ2) is 7.90. The highest BCUT2D eigenvalue weighted by atomic mass is 19.1. The molecule has 4 nitrogen and oxygen atoms in total.